The number of carbonyl (C=O) groups excluding carboxylic acids is 1. The van der Waals surface area contributed by atoms with E-state index < -0.39 is 11.7 Å². The Bertz CT molecular complexity index is 924. The maximum atomic E-state index is 13.7. The summed E-state index contributed by atoms with van der Waals surface area (Å²) >= 11 is 0. The van der Waals surface area contributed by atoms with Crippen molar-refractivity contribution in [2.45, 2.75) is 6.42 Å². The topological polar surface area (TPSA) is 45.2 Å². The molecule has 1 N–H and O–H groups in total. The first-order valence-corrected chi connectivity index (χ1v) is 8.10. The van der Waals surface area contributed by atoms with Crippen LogP contribution < -0.4 is 10.2 Å². The van der Waals surface area contributed by atoms with Crippen LogP contribution in [0.2, 0.25) is 0 Å². The summed E-state index contributed by atoms with van der Waals surface area (Å²) in [6.07, 6.45) is 2.72. The van der Waals surface area contributed by atoms with Gasteiger partial charge in [-0.1, -0.05) is 30.3 Å². The third kappa shape index (κ3) is 2.96. The van der Waals surface area contributed by atoms with Gasteiger partial charge in [-0.3, -0.25) is 4.79 Å². The molecule has 1 aromatic heterocycles. The lowest BCUT2D eigenvalue weighted by Crippen LogP contribution is -2.16. The Labute approximate surface area is 144 Å². The zero-order valence-corrected chi connectivity index (χ0v) is 13.4. The number of halogens is 1. The second kappa shape index (κ2) is 6.36. The number of benzene rings is 2. The minimum atomic E-state index is -0.551. The van der Waals surface area contributed by atoms with Crippen LogP contribution >= 0.6 is 0 Å². The number of hydrogen-bond acceptors (Lipinski definition) is 3. The molecular formula is C20H16FN3O. The van der Waals surface area contributed by atoms with E-state index in [9.17, 15) is 9.18 Å². The van der Waals surface area contributed by atoms with Crippen molar-refractivity contribution >= 4 is 23.1 Å². The number of para-hydroxylation sites is 1. The van der Waals surface area contributed by atoms with Crippen LogP contribution in [-0.2, 0) is 6.42 Å². The summed E-state index contributed by atoms with van der Waals surface area (Å²) in [6.45, 7) is 0.905. The van der Waals surface area contributed by atoms with E-state index >= 15 is 0 Å². The number of carbonyl (C=O) groups is 1. The fraction of sp³-hybridized carbons (Fsp3) is 0.100. The van der Waals surface area contributed by atoms with Crippen LogP contribution in [-0.4, -0.2) is 17.4 Å². The van der Waals surface area contributed by atoms with Gasteiger partial charge in [0.2, 0.25) is 0 Å². The molecule has 5 heteroatoms. The summed E-state index contributed by atoms with van der Waals surface area (Å²) in [6, 6.07) is 17.8. The van der Waals surface area contributed by atoms with Crippen molar-refractivity contribution in [1.82, 2.24) is 4.98 Å². The molecule has 0 radical (unpaired) electrons. The van der Waals surface area contributed by atoms with Crippen LogP contribution in [0.3, 0.4) is 0 Å². The number of pyridine rings is 1. The molecule has 2 heterocycles. The van der Waals surface area contributed by atoms with Gasteiger partial charge in [-0.2, -0.15) is 0 Å². The molecule has 0 saturated carbocycles. The SMILES string of the molecule is O=C(Nc1ccc(N2CCc3ccccc32)cn1)c1ccccc1F. The van der Waals surface area contributed by atoms with Crippen molar-refractivity contribution in [3.05, 3.63) is 83.8 Å². The Morgan fingerprint density at radius 3 is 2.64 bits per heavy atom. The summed E-state index contributed by atoms with van der Waals surface area (Å²) in [5.41, 5.74) is 3.47. The maximum Gasteiger partial charge on any atom is 0.259 e. The van der Waals surface area contributed by atoms with Gasteiger partial charge in [0.25, 0.3) is 5.91 Å². The molecule has 0 spiro atoms. The standard InChI is InChI=1S/C20H16FN3O/c21-17-7-3-2-6-16(17)20(25)23-19-10-9-15(13-22-19)24-12-11-14-5-1-4-8-18(14)24/h1-10,13H,11-12H2,(H,22,23,25). The molecule has 4 nitrogen and oxygen atoms in total. The van der Waals surface area contributed by atoms with Gasteiger partial charge in [-0.15, -0.1) is 0 Å². The molecule has 1 amide bonds. The second-order valence-corrected chi connectivity index (χ2v) is 5.87. The van der Waals surface area contributed by atoms with E-state index in [-0.39, 0.29) is 5.56 Å². The lowest BCUT2D eigenvalue weighted by Gasteiger charge is -2.19. The van der Waals surface area contributed by atoms with E-state index in [1.807, 2.05) is 18.2 Å². The highest BCUT2D eigenvalue weighted by Crippen LogP contribution is 2.34. The molecule has 25 heavy (non-hydrogen) atoms. The monoisotopic (exact) mass is 333 g/mol. The lowest BCUT2D eigenvalue weighted by atomic mass is 10.2. The summed E-state index contributed by atoms with van der Waals surface area (Å²) in [5, 5.41) is 2.63. The van der Waals surface area contributed by atoms with Crippen molar-refractivity contribution < 1.29 is 9.18 Å². The average Bonchev–Trinajstić information content (AvgIpc) is 3.07. The summed E-state index contributed by atoms with van der Waals surface area (Å²) in [4.78, 5) is 18.6. The van der Waals surface area contributed by atoms with Gasteiger partial charge in [-0.05, 0) is 42.3 Å². The fourth-order valence-corrected chi connectivity index (χ4v) is 3.06. The van der Waals surface area contributed by atoms with Crippen molar-refractivity contribution in [2.24, 2.45) is 0 Å². The number of amides is 1. The van der Waals surface area contributed by atoms with Gasteiger partial charge < -0.3 is 10.2 Å². The molecule has 0 saturated heterocycles. The number of nitrogens with one attached hydrogen (secondary N) is 1. The first kappa shape index (κ1) is 15.3. The molecular weight excluding hydrogens is 317 g/mol. The maximum absolute atomic E-state index is 13.7. The third-order valence-electron chi connectivity index (χ3n) is 4.31. The van der Waals surface area contributed by atoms with Gasteiger partial charge in [0, 0.05) is 12.2 Å². The predicted octanol–water partition coefficient (Wildman–Crippen LogP) is 4.17. The van der Waals surface area contributed by atoms with Crippen LogP contribution in [0.1, 0.15) is 15.9 Å². The van der Waals surface area contributed by atoms with Crippen molar-refractivity contribution in [1.29, 1.82) is 0 Å². The van der Waals surface area contributed by atoms with E-state index in [2.05, 4.69) is 27.3 Å². The number of aromatic nitrogens is 1. The number of anilines is 3. The van der Waals surface area contributed by atoms with Gasteiger partial charge in [-0.25, -0.2) is 9.37 Å². The molecule has 0 fully saturated rings. The molecule has 2 aromatic carbocycles. The Morgan fingerprint density at radius 2 is 1.84 bits per heavy atom. The van der Waals surface area contributed by atoms with Gasteiger partial charge >= 0.3 is 0 Å². The van der Waals surface area contributed by atoms with Crippen LogP contribution in [0.4, 0.5) is 21.6 Å². The zero-order chi connectivity index (χ0) is 17.2. The predicted molar refractivity (Wildman–Crippen MR) is 95.7 cm³/mol. The highest BCUT2D eigenvalue weighted by atomic mass is 19.1. The van der Waals surface area contributed by atoms with E-state index in [4.69, 9.17) is 0 Å². The molecule has 0 unspecified atom stereocenters. The van der Waals surface area contributed by atoms with Crippen LogP contribution in [0.5, 0.6) is 0 Å². The van der Waals surface area contributed by atoms with Gasteiger partial charge in [0.15, 0.2) is 0 Å². The largest absolute Gasteiger partial charge is 0.340 e. The zero-order valence-electron chi connectivity index (χ0n) is 13.4. The molecule has 0 bridgehead atoms. The summed E-state index contributed by atoms with van der Waals surface area (Å²) in [5.74, 6) is -0.667. The fourth-order valence-electron chi connectivity index (χ4n) is 3.06. The number of hydrogen-bond donors (Lipinski definition) is 1. The van der Waals surface area contributed by atoms with Crippen molar-refractivity contribution in [2.75, 3.05) is 16.8 Å². The van der Waals surface area contributed by atoms with Crippen molar-refractivity contribution in [3.63, 3.8) is 0 Å². The number of nitrogens with zero attached hydrogens (tertiary/aromatic N) is 2. The highest BCUT2D eigenvalue weighted by Gasteiger charge is 2.20. The van der Waals surface area contributed by atoms with Crippen molar-refractivity contribution in [3.8, 4) is 0 Å². The van der Waals surface area contributed by atoms with Gasteiger partial charge in [0.05, 0.1) is 17.4 Å². The van der Waals surface area contributed by atoms with Gasteiger partial charge in [0.1, 0.15) is 11.6 Å². The summed E-state index contributed by atoms with van der Waals surface area (Å²) < 4.78 is 13.7. The molecule has 0 aliphatic carbocycles. The Morgan fingerprint density at radius 1 is 1.04 bits per heavy atom. The Balaban J connectivity index is 1.52. The van der Waals surface area contributed by atoms with E-state index in [0.717, 1.165) is 18.7 Å². The first-order chi connectivity index (χ1) is 12.2. The smallest absolute Gasteiger partial charge is 0.259 e. The Kier molecular flexibility index (Phi) is 3.90. The Hall–Kier alpha value is -3.21. The van der Waals surface area contributed by atoms with E-state index in [1.54, 1.807) is 24.4 Å². The highest BCUT2D eigenvalue weighted by molar-refractivity contribution is 6.03. The van der Waals surface area contributed by atoms with Crippen LogP contribution in [0.25, 0.3) is 0 Å². The number of rotatable bonds is 3. The molecule has 4 rings (SSSR count). The van der Waals surface area contributed by atoms with E-state index in [0.29, 0.717) is 5.82 Å². The molecule has 0 atom stereocenters. The van der Waals surface area contributed by atoms with E-state index in [1.165, 1.54) is 23.4 Å². The van der Waals surface area contributed by atoms with Crippen LogP contribution in [0, 0.1) is 5.82 Å². The quantitative estimate of drug-likeness (QED) is 0.782. The number of fused-ring (bicyclic) bond motifs is 1. The minimum absolute atomic E-state index is 0.00171. The molecule has 3 aromatic rings. The van der Waals surface area contributed by atoms with Crippen LogP contribution in [0.15, 0.2) is 66.9 Å². The normalized spacial score (nSPS) is 12.8. The first-order valence-electron chi connectivity index (χ1n) is 8.10. The lowest BCUT2D eigenvalue weighted by molar-refractivity contribution is 0.102. The molecule has 124 valence electrons. The average molecular weight is 333 g/mol. The molecule has 1 aliphatic heterocycles. The second-order valence-electron chi connectivity index (χ2n) is 5.87. The third-order valence-corrected chi connectivity index (χ3v) is 4.31. The minimum Gasteiger partial charge on any atom is -0.340 e. The molecule has 1 aliphatic rings. The summed E-state index contributed by atoms with van der Waals surface area (Å²) in [7, 11) is 0.